The molecule has 18 atom stereocenters. The van der Waals surface area contributed by atoms with Gasteiger partial charge in [0.1, 0.15) is 54.9 Å². The van der Waals surface area contributed by atoms with Crippen LogP contribution in [0.25, 0.3) is 0 Å². The van der Waals surface area contributed by atoms with Gasteiger partial charge in [-0.2, -0.15) is 0 Å². The summed E-state index contributed by atoms with van der Waals surface area (Å²) in [5.41, 5.74) is 0. The predicted molar refractivity (Wildman–Crippen MR) is 220 cm³/mol. The van der Waals surface area contributed by atoms with E-state index in [1.807, 2.05) is 0 Å². The lowest BCUT2D eigenvalue weighted by Gasteiger charge is -2.50. The number of amides is 3. The second kappa shape index (κ2) is 25.3. The van der Waals surface area contributed by atoms with Crippen molar-refractivity contribution in [3.05, 3.63) is 0 Å². The highest BCUT2D eigenvalue weighted by Crippen LogP contribution is 2.40. The Kier molecular flexibility index (Phi) is 21.8. The summed E-state index contributed by atoms with van der Waals surface area (Å²) in [5, 5.41) is 148. The molecule has 0 saturated carbocycles. The minimum Gasteiger partial charge on any atom is -0.477 e. The largest absolute Gasteiger partial charge is 0.477 e. The molecule has 0 aromatic heterocycles. The van der Waals surface area contributed by atoms with E-state index in [4.69, 9.17) is 28.4 Å². The van der Waals surface area contributed by atoms with E-state index in [1.54, 1.807) is 20.8 Å². The van der Waals surface area contributed by atoms with Crippen LogP contribution in [0, 0.1) is 0 Å². The number of carbonyl (C=O) groups excluding carboxylic acids is 3. The van der Waals surface area contributed by atoms with Gasteiger partial charge in [-0.25, -0.2) is 14.4 Å². The Morgan fingerprint density at radius 3 is 1.09 bits per heavy atom. The third-order valence-corrected chi connectivity index (χ3v) is 11.8. The number of nitrogens with one attached hydrogen (secondary N) is 3. The maximum atomic E-state index is 13.3. The van der Waals surface area contributed by atoms with Crippen molar-refractivity contribution >= 4 is 35.6 Å². The van der Waals surface area contributed by atoms with Crippen LogP contribution in [0.5, 0.6) is 0 Å². The molecule has 3 amide bonds. The molecule has 3 saturated heterocycles. The van der Waals surface area contributed by atoms with Gasteiger partial charge in [0.15, 0.2) is 0 Å². The Hall–Kier alpha value is -3.82. The van der Waals surface area contributed by atoms with Crippen LogP contribution in [-0.4, -0.2) is 238 Å². The number of carboxylic acid groups (broad SMARTS) is 3. The van der Waals surface area contributed by atoms with Gasteiger partial charge in [-0.05, 0) is 19.3 Å². The quantitative estimate of drug-likeness (QED) is 0.0383. The highest BCUT2D eigenvalue weighted by molar-refractivity contribution is 5.79. The smallest absolute Gasteiger partial charge is 0.364 e. The summed E-state index contributed by atoms with van der Waals surface area (Å²) in [6, 6.07) is -5.22. The molecule has 3 fully saturated rings. The van der Waals surface area contributed by atoms with E-state index in [2.05, 4.69) is 16.0 Å². The fourth-order valence-corrected chi connectivity index (χ4v) is 8.28. The first-order valence-electron chi connectivity index (χ1n) is 22.0. The SMILES string of the molecule is CCCC(=O)N[C@H]1[C@H]([C@H](O)[C@H](O)CO)O[C@@](O[C@H](CO)[C@@H](O)[C@@H]2O[C@@](O[C@H](CO)[C@@H](O)[C@@H]3O[C@@](OC)(C(=O)O)C[C@H](O)[C@H]3NC(=O)CCC)(C(=O)O)C[C@H](O)[C@H]2NC(=O)CCC)(C(=O)O)C[C@@H]1O. The number of aliphatic carboxylic acids is 3. The van der Waals surface area contributed by atoms with Crippen molar-refractivity contribution in [2.45, 2.75) is 187 Å². The van der Waals surface area contributed by atoms with E-state index in [0.717, 1.165) is 7.11 Å². The van der Waals surface area contributed by atoms with E-state index in [9.17, 15) is 95.2 Å². The molecule has 0 aromatic rings. The first kappa shape index (κ1) is 58.5. The van der Waals surface area contributed by atoms with Gasteiger partial charge in [-0.1, -0.05) is 20.8 Å². The maximum Gasteiger partial charge on any atom is 0.364 e. The summed E-state index contributed by atoms with van der Waals surface area (Å²) in [4.78, 5) is 77.0. The lowest BCUT2D eigenvalue weighted by Crippen LogP contribution is -2.71. The van der Waals surface area contributed by atoms with Crippen molar-refractivity contribution in [2.24, 2.45) is 0 Å². The topological polar surface area (TPSA) is 457 Å². The maximum absolute atomic E-state index is 13.3. The first-order chi connectivity index (χ1) is 31.9. The Morgan fingerprint density at radius 2 is 0.824 bits per heavy atom. The number of carboxylic acids is 3. The van der Waals surface area contributed by atoms with E-state index < -0.39 is 183 Å². The van der Waals surface area contributed by atoms with Gasteiger partial charge in [0.25, 0.3) is 17.4 Å². The molecule has 0 bridgehead atoms. The molecular formula is C40H67N3O25. The van der Waals surface area contributed by atoms with Gasteiger partial charge in [-0.3, -0.25) is 14.4 Å². The zero-order valence-electron chi connectivity index (χ0n) is 37.9. The van der Waals surface area contributed by atoms with Crippen molar-refractivity contribution < 1.29 is 124 Å². The fourth-order valence-electron chi connectivity index (χ4n) is 8.28. The summed E-state index contributed by atoms with van der Waals surface area (Å²) < 4.78 is 33.5. The highest BCUT2D eigenvalue weighted by Gasteiger charge is 2.62. The van der Waals surface area contributed by atoms with E-state index in [0.29, 0.717) is 12.8 Å². The Balaban J connectivity index is 2.14. The van der Waals surface area contributed by atoms with Crippen molar-refractivity contribution in [1.82, 2.24) is 16.0 Å². The number of methoxy groups -OCH3 is 1. The second-order valence-corrected chi connectivity index (χ2v) is 16.9. The molecular weight excluding hydrogens is 922 g/mol. The molecule has 3 aliphatic rings. The normalized spacial score (nSPS) is 34.6. The summed E-state index contributed by atoms with van der Waals surface area (Å²) in [6.07, 6.45) is -29.3. The lowest BCUT2D eigenvalue weighted by atomic mass is 9.86. The van der Waals surface area contributed by atoms with Crippen LogP contribution in [0.3, 0.4) is 0 Å². The predicted octanol–water partition coefficient (Wildman–Crippen LogP) is -6.53. The molecule has 16 N–H and O–H groups in total. The molecule has 0 aromatic carbocycles. The zero-order chi connectivity index (χ0) is 51.5. The zero-order valence-corrected chi connectivity index (χ0v) is 37.9. The molecule has 0 radical (unpaired) electrons. The average Bonchev–Trinajstić information content (AvgIpc) is 3.28. The van der Waals surface area contributed by atoms with E-state index in [-0.39, 0.29) is 25.7 Å². The monoisotopic (exact) mass is 989 g/mol. The minimum absolute atomic E-state index is 0.120. The van der Waals surface area contributed by atoms with Gasteiger partial charge in [0, 0.05) is 45.6 Å². The van der Waals surface area contributed by atoms with Gasteiger partial charge < -0.3 is 111 Å². The fraction of sp³-hybridized carbons (Fsp3) is 0.850. The van der Waals surface area contributed by atoms with E-state index >= 15 is 0 Å². The molecule has 0 spiro atoms. The molecule has 3 heterocycles. The summed E-state index contributed by atoms with van der Waals surface area (Å²) >= 11 is 0. The van der Waals surface area contributed by atoms with Crippen molar-refractivity contribution in [1.29, 1.82) is 0 Å². The second-order valence-electron chi connectivity index (χ2n) is 16.9. The third-order valence-electron chi connectivity index (χ3n) is 11.8. The third kappa shape index (κ3) is 13.3. The summed E-state index contributed by atoms with van der Waals surface area (Å²) in [5.74, 6) is -17.5. The highest BCUT2D eigenvalue weighted by atomic mass is 16.8. The van der Waals surface area contributed by atoms with Crippen LogP contribution >= 0.6 is 0 Å². The number of hydrogen-bond donors (Lipinski definition) is 16. The molecule has 28 nitrogen and oxygen atoms in total. The Labute approximate surface area is 389 Å². The van der Waals surface area contributed by atoms with Crippen LogP contribution in [0.1, 0.15) is 78.6 Å². The van der Waals surface area contributed by atoms with Gasteiger partial charge >= 0.3 is 17.9 Å². The van der Waals surface area contributed by atoms with Crippen molar-refractivity contribution in [3.8, 4) is 0 Å². The molecule has 28 heteroatoms. The van der Waals surface area contributed by atoms with Crippen LogP contribution in [0.15, 0.2) is 0 Å². The van der Waals surface area contributed by atoms with Crippen LogP contribution < -0.4 is 16.0 Å². The van der Waals surface area contributed by atoms with Crippen LogP contribution in [-0.2, 0) is 57.2 Å². The van der Waals surface area contributed by atoms with Crippen LogP contribution in [0.2, 0.25) is 0 Å². The number of carbonyl (C=O) groups is 6. The molecule has 0 aliphatic carbocycles. The van der Waals surface area contributed by atoms with Gasteiger partial charge in [0.2, 0.25) is 17.7 Å². The number of hydrogen-bond acceptors (Lipinski definition) is 22. The molecule has 3 rings (SSSR count). The molecule has 3 aliphatic heterocycles. The van der Waals surface area contributed by atoms with Crippen molar-refractivity contribution in [3.63, 3.8) is 0 Å². The minimum atomic E-state index is -3.33. The van der Waals surface area contributed by atoms with E-state index in [1.165, 1.54) is 0 Å². The van der Waals surface area contributed by atoms with Gasteiger partial charge in [-0.15, -0.1) is 0 Å². The Morgan fingerprint density at radius 1 is 0.529 bits per heavy atom. The number of ether oxygens (including phenoxy) is 6. The average molecular weight is 990 g/mol. The summed E-state index contributed by atoms with van der Waals surface area (Å²) in [6.45, 7) is 0.918. The number of aliphatic hydroxyl groups is 10. The molecule has 392 valence electrons. The molecule has 0 unspecified atom stereocenters. The number of rotatable bonds is 26. The van der Waals surface area contributed by atoms with Crippen LogP contribution in [0.4, 0.5) is 0 Å². The lowest BCUT2D eigenvalue weighted by molar-refractivity contribution is -0.356. The summed E-state index contributed by atoms with van der Waals surface area (Å²) in [7, 11) is 0.885. The van der Waals surface area contributed by atoms with Gasteiger partial charge in [0.05, 0.1) is 56.3 Å². The first-order valence-corrected chi connectivity index (χ1v) is 22.0. The Bertz CT molecular complexity index is 1710. The standard InChI is InChI=1S/C40H67N3O25/c1-5-8-23(51)41-26-18(48)12-39(36(59)60,67-32(26)29(54)20(50)14-44)64-22(16-46)31(56)34-28(43-25(53)10-7-3)19(49)13-40(68-34,37(61)62)65-21(15-45)30(55)33-27(42-24(52)9-6-2)17(47)11-38(63-4,66-33)35(57)58/h17-22,26-34,44-50,54-56H,5-16H2,1-4H3,(H,41,51)(H,42,52)(H,43,53)(H,57,58)(H,59,60)(H,61,62)/t17-,18-,19-,20+,21+,22+,26+,27+,28+,29+,30+,31+,32+,33+,34+,38+,39+,40+/m0/s1. The molecule has 68 heavy (non-hydrogen) atoms. The van der Waals surface area contributed by atoms with Crippen molar-refractivity contribution in [2.75, 3.05) is 26.9 Å². The number of aliphatic hydroxyl groups excluding tert-OH is 10.